The first-order chi connectivity index (χ1) is 20.7. The molecular weight excluding hydrogens is 532 g/mol. The van der Waals surface area contributed by atoms with Gasteiger partial charge in [0.25, 0.3) is 0 Å². The van der Waals surface area contributed by atoms with E-state index in [-0.39, 0.29) is 19.0 Å². The third-order valence-corrected chi connectivity index (χ3v) is 7.70. The summed E-state index contributed by atoms with van der Waals surface area (Å²) in [5.41, 5.74) is 4.43. The molecule has 2 saturated heterocycles. The van der Waals surface area contributed by atoms with E-state index in [0.717, 1.165) is 35.3 Å². The average molecular weight is 569 g/mol. The monoisotopic (exact) mass is 568 g/mol. The lowest BCUT2D eigenvalue weighted by Gasteiger charge is -2.39. The van der Waals surface area contributed by atoms with Gasteiger partial charge in [-0.15, -0.1) is 0 Å². The molecule has 6 rings (SSSR count). The van der Waals surface area contributed by atoms with Crippen molar-refractivity contribution in [2.24, 2.45) is 0 Å². The highest BCUT2D eigenvalue weighted by atomic mass is 17.3. The van der Waals surface area contributed by atoms with Crippen molar-refractivity contribution >= 4 is 0 Å². The van der Waals surface area contributed by atoms with Crippen LogP contribution < -0.4 is 14.2 Å². The van der Waals surface area contributed by atoms with E-state index < -0.39 is 5.79 Å². The van der Waals surface area contributed by atoms with E-state index in [1.165, 1.54) is 5.56 Å². The first-order valence-electron chi connectivity index (χ1n) is 14.4. The summed E-state index contributed by atoms with van der Waals surface area (Å²) < 4.78 is 30.3. The van der Waals surface area contributed by atoms with Crippen LogP contribution in [0.1, 0.15) is 47.6 Å². The smallest absolute Gasteiger partial charge is 0.209 e. The van der Waals surface area contributed by atoms with Crippen molar-refractivity contribution in [1.29, 1.82) is 0 Å². The van der Waals surface area contributed by atoms with Crippen molar-refractivity contribution in [3.8, 4) is 17.2 Å². The molecule has 3 atom stereocenters. The molecule has 4 aromatic carbocycles. The molecule has 42 heavy (non-hydrogen) atoms. The van der Waals surface area contributed by atoms with E-state index in [9.17, 15) is 0 Å². The van der Waals surface area contributed by atoms with Gasteiger partial charge < -0.3 is 23.7 Å². The predicted octanol–water partition coefficient (Wildman–Crippen LogP) is 7.34. The third kappa shape index (κ3) is 7.12. The van der Waals surface area contributed by atoms with E-state index in [2.05, 4.69) is 24.3 Å². The van der Waals surface area contributed by atoms with Crippen LogP contribution in [0.25, 0.3) is 0 Å². The lowest BCUT2D eigenvalue weighted by atomic mass is 9.90. The van der Waals surface area contributed by atoms with Gasteiger partial charge >= 0.3 is 0 Å². The van der Waals surface area contributed by atoms with Gasteiger partial charge in [0.2, 0.25) is 5.79 Å². The van der Waals surface area contributed by atoms with Crippen LogP contribution in [0.2, 0.25) is 0 Å². The molecule has 0 aromatic heterocycles. The fourth-order valence-corrected chi connectivity index (χ4v) is 5.44. The Morgan fingerprint density at radius 2 is 1.45 bits per heavy atom. The zero-order valence-corrected chi connectivity index (χ0v) is 23.8. The summed E-state index contributed by atoms with van der Waals surface area (Å²) in [6.45, 7) is 1.12. The van der Waals surface area contributed by atoms with E-state index in [0.29, 0.717) is 37.6 Å². The first kappa shape index (κ1) is 28.2. The fraction of sp³-hybridized carbons (Fsp3) is 0.314. The zero-order chi connectivity index (χ0) is 28.6. The van der Waals surface area contributed by atoms with E-state index >= 15 is 0 Å². The van der Waals surface area contributed by atoms with Crippen LogP contribution in [0.3, 0.4) is 0 Å². The van der Waals surface area contributed by atoms with Crippen molar-refractivity contribution in [3.05, 3.63) is 125 Å². The molecule has 1 spiro atoms. The quantitative estimate of drug-likeness (QED) is 0.175. The second kappa shape index (κ2) is 13.4. The van der Waals surface area contributed by atoms with Gasteiger partial charge in [0.1, 0.15) is 19.0 Å². The Morgan fingerprint density at radius 3 is 2.12 bits per heavy atom. The van der Waals surface area contributed by atoms with Gasteiger partial charge in [0.05, 0.1) is 19.3 Å². The van der Waals surface area contributed by atoms with Gasteiger partial charge in [-0.3, -0.25) is 0 Å². The van der Waals surface area contributed by atoms with Gasteiger partial charge in [-0.25, -0.2) is 4.89 Å². The van der Waals surface area contributed by atoms with Crippen LogP contribution in [-0.4, -0.2) is 25.8 Å². The largest absolute Gasteiger partial charge is 0.493 e. The molecule has 0 amide bonds. The van der Waals surface area contributed by atoms with Crippen LogP contribution in [0, 0.1) is 0 Å². The molecule has 0 N–H and O–H groups in total. The minimum absolute atomic E-state index is 0.0838. The van der Waals surface area contributed by atoms with Gasteiger partial charge in [-0.05, 0) is 59.4 Å². The lowest BCUT2D eigenvalue weighted by molar-refractivity contribution is -0.349. The number of methoxy groups -OCH3 is 1. The van der Waals surface area contributed by atoms with Crippen molar-refractivity contribution in [2.45, 2.75) is 56.9 Å². The SMILES string of the molecule is COc1cc(C2CC3(CC(CCc4ccc(OCc5ccccc5)cc4)O2)OCOO3)ccc1OCc1ccccc1. The van der Waals surface area contributed by atoms with Gasteiger partial charge in [-0.2, -0.15) is 4.89 Å². The number of hydrogen-bond acceptors (Lipinski definition) is 7. The molecule has 218 valence electrons. The molecule has 2 heterocycles. The molecule has 0 radical (unpaired) electrons. The normalized spacial score (nSPS) is 21.7. The molecule has 4 aromatic rings. The van der Waals surface area contributed by atoms with Gasteiger partial charge in [0, 0.05) is 12.8 Å². The molecule has 0 aliphatic carbocycles. The van der Waals surface area contributed by atoms with E-state index in [1.54, 1.807) is 7.11 Å². The average Bonchev–Trinajstić information content (AvgIpc) is 3.49. The van der Waals surface area contributed by atoms with Gasteiger partial charge in [-0.1, -0.05) is 78.9 Å². The summed E-state index contributed by atoms with van der Waals surface area (Å²) in [5.74, 6) is 1.35. The maximum atomic E-state index is 6.62. The number of hydrogen-bond donors (Lipinski definition) is 0. The Balaban J connectivity index is 1.09. The Morgan fingerprint density at radius 1 is 0.738 bits per heavy atom. The Labute approximate surface area is 246 Å². The Kier molecular flexibility index (Phi) is 9.01. The second-order valence-corrected chi connectivity index (χ2v) is 10.7. The zero-order valence-electron chi connectivity index (χ0n) is 23.8. The molecule has 0 bridgehead atoms. The highest BCUT2D eigenvalue weighted by molar-refractivity contribution is 5.44. The molecule has 2 aliphatic rings. The first-order valence-corrected chi connectivity index (χ1v) is 14.4. The molecule has 2 aliphatic heterocycles. The van der Waals surface area contributed by atoms with E-state index in [4.69, 9.17) is 33.5 Å². The summed E-state index contributed by atoms with van der Waals surface area (Å²) in [7, 11) is 1.65. The number of benzene rings is 4. The summed E-state index contributed by atoms with van der Waals surface area (Å²) in [4.78, 5) is 10.9. The maximum Gasteiger partial charge on any atom is 0.209 e. The summed E-state index contributed by atoms with van der Waals surface area (Å²) in [6.07, 6.45) is 2.44. The summed E-state index contributed by atoms with van der Waals surface area (Å²) in [6, 6.07) is 34.4. The molecular formula is C35H36O7. The van der Waals surface area contributed by atoms with Crippen molar-refractivity contribution in [3.63, 3.8) is 0 Å². The lowest BCUT2D eigenvalue weighted by Crippen LogP contribution is -2.43. The fourth-order valence-electron chi connectivity index (χ4n) is 5.44. The van der Waals surface area contributed by atoms with Crippen LogP contribution in [0.5, 0.6) is 17.2 Å². The highest BCUT2D eigenvalue weighted by Crippen LogP contribution is 2.45. The summed E-state index contributed by atoms with van der Waals surface area (Å²) in [5, 5.41) is 0. The van der Waals surface area contributed by atoms with Crippen molar-refractivity contribution < 1.29 is 33.5 Å². The molecule has 3 unspecified atom stereocenters. The topological polar surface area (TPSA) is 64.6 Å². The molecule has 2 fully saturated rings. The van der Waals surface area contributed by atoms with Crippen LogP contribution in [0.4, 0.5) is 0 Å². The van der Waals surface area contributed by atoms with Crippen molar-refractivity contribution in [1.82, 2.24) is 0 Å². The van der Waals surface area contributed by atoms with Gasteiger partial charge in [0.15, 0.2) is 18.3 Å². The molecule has 0 saturated carbocycles. The van der Waals surface area contributed by atoms with Crippen LogP contribution >= 0.6 is 0 Å². The number of ether oxygens (including phenoxy) is 5. The molecule has 7 nitrogen and oxygen atoms in total. The maximum absolute atomic E-state index is 6.62. The minimum Gasteiger partial charge on any atom is -0.493 e. The Bertz CT molecular complexity index is 1400. The molecule has 7 heteroatoms. The third-order valence-electron chi connectivity index (χ3n) is 7.70. The van der Waals surface area contributed by atoms with E-state index in [1.807, 2.05) is 78.9 Å². The summed E-state index contributed by atoms with van der Waals surface area (Å²) >= 11 is 0. The number of rotatable bonds is 11. The van der Waals surface area contributed by atoms with Crippen LogP contribution in [-0.2, 0) is 38.9 Å². The standard InChI is InChI=1S/C35H36O7/c1-36-33-20-29(15-19-32(33)38-24-28-10-6-3-7-11-28)34-22-35(39-25-40-42-35)21-31(41-34)18-14-26-12-16-30(17-13-26)37-23-27-8-4-2-5-9-27/h2-13,15-17,19-20,31,34H,14,18,21-25H2,1H3. The highest BCUT2D eigenvalue weighted by Gasteiger charge is 2.48. The predicted molar refractivity (Wildman–Crippen MR) is 157 cm³/mol. The van der Waals surface area contributed by atoms with Crippen LogP contribution in [0.15, 0.2) is 103 Å². The number of aryl methyl sites for hydroxylation is 1. The second-order valence-electron chi connectivity index (χ2n) is 10.7. The Hall–Kier alpha value is -3.88. The minimum atomic E-state index is -0.835. The van der Waals surface area contributed by atoms with Crippen molar-refractivity contribution in [2.75, 3.05) is 13.9 Å².